The Labute approximate surface area is 103 Å². The van der Waals surface area contributed by atoms with Crippen molar-refractivity contribution in [2.24, 2.45) is 0 Å². The molecule has 0 heterocycles. The van der Waals surface area contributed by atoms with Crippen LogP contribution in [-0.4, -0.2) is 18.5 Å². The molecule has 0 radical (unpaired) electrons. The molecule has 0 aromatic heterocycles. The van der Waals surface area contributed by atoms with Crippen LogP contribution in [0, 0.1) is 5.82 Å². The molecule has 0 amide bonds. The molecule has 0 fully saturated rings. The first-order valence-corrected chi connectivity index (χ1v) is 5.28. The molecular weight excluding hydrogens is 235 g/mol. The van der Waals surface area contributed by atoms with E-state index >= 15 is 0 Å². The van der Waals surface area contributed by atoms with Crippen LogP contribution in [-0.2, 0) is 0 Å². The van der Waals surface area contributed by atoms with Crippen molar-refractivity contribution in [1.82, 2.24) is 0 Å². The second-order valence-corrected chi connectivity index (χ2v) is 3.71. The van der Waals surface area contributed by atoms with E-state index < -0.39 is 5.82 Å². The zero-order valence-corrected chi connectivity index (χ0v) is 9.68. The minimum atomic E-state index is -0.521. The number of para-hydroxylation sites is 1. The summed E-state index contributed by atoms with van der Waals surface area (Å²) in [5, 5.41) is 9.86. The summed E-state index contributed by atoms with van der Waals surface area (Å²) < 4.78 is 18.8. The number of carbonyl (C=O) groups is 1. The number of hydrogen-bond donors (Lipinski definition) is 1. The molecule has 0 spiro atoms. The Kier molecular flexibility index (Phi) is 3.28. The molecule has 92 valence electrons. The maximum absolute atomic E-state index is 13.9. The lowest BCUT2D eigenvalue weighted by atomic mass is 10.0. The summed E-state index contributed by atoms with van der Waals surface area (Å²) in [5.74, 6) is -0.355. The summed E-state index contributed by atoms with van der Waals surface area (Å²) in [4.78, 5) is 10.7. The summed E-state index contributed by atoms with van der Waals surface area (Å²) in [6, 6.07) is 8.91. The molecule has 2 rings (SSSR count). The Morgan fingerprint density at radius 3 is 2.61 bits per heavy atom. The fourth-order valence-corrected chi connectivity index (χ4v) is 1.72. The molecule has 0 saturated carbocycles. The number of benzene rings is 2. The molecule has 4 heteroatoms. The van der Waals surface area contributed by atoms with Gasteiger partial charge in [-0.2, -0.15) is 0 Å². The molecule has 0 aliphatic rings. The highest BCUT2D eigenvalue weighted by molar-refractivity contribution is 5.85. The van der Waals surface area contributed by atoms with Crippen LogP contribution < -0.4 is 4.74 Å². The molecule has 0 bridgehead atoms. The maximum atomic E-state index is 13.9. The summed E-state index contributed by atoms with van der Waals surface area (Å²) in [7, 11) is 1.44. The molecule has 18 heavy (non-hydrogen) atoms. The van der Waals surface area contributed by atoms with Crippen LogP contribution in [0.1, 0.15) is 10.4 Å². The Balaban J connectivity index is 2.58. The predicted molar refractivity (Wildman–Crippen MR) is 65.4 cm³/mol. The third-order valence-corrected chi connectivity index (χ3v) is 2.66. The lowest BCUT2D eigenvalue weighted by Gasteiger charge is -2.09. The second kappa shape index (κ2) is 4.87. The Morgan fingerprint density at radius 1 is 1.22 bits per heavy atom. The normalized spacial score (nSPS) is 10.1. The van der Waals surface area contributed by atoms with Crippen LogP contribution in [0.3, 0.4) is 0 Å². The van der Waals surface area contributed by atoms with Crippen molar-refractivity contribution in [3.8, 4) is 22.6 Å². The first-order valence-electron chi connectivity index (χ1n) is 5.28. The minimum Gasteiger partial charge on any atom is -0.507 e. The van der Waals surface area contributed by atoms with E-state index in [1.165, 1.54) is 25.3 Å². The fourth-order valence-electron chi connectivity index (χ4n) is 1.72. The van der Waals surface area contributed by atoms with E-state index in [0.717, 1.165) is 0 Å². The molecule has 1 N–H and O–H groups in total. The molecular formula is C14H11FO3. The molecule has 0 aliphatic carbocycles. The van der Waals surface area contributed by atoms with Gasteiger partial charge in [0.15, 0.2) is 6.29 Å². The maximum Gasteiger partial charge on any atom is 0.153 e. The summed E-state index contributed by atoms with van der Waals surface area (Å²) in [6.45, 7) is 0. The van der Waals surface area contributed by atoms with Gasteiger partial charge >= 0.3 is 0 Å². The topological polar surface area (TPSA) is 46.5 Å². The number of aldehydes is 1. The lowest BCUT2D eigenvalue weighted by Crippen LogP contribution is -1.90. The highest BCUT2D eigenvalue weighted by atomic mass is 19.1. The molecule has 2 aromatic carbocycles. The van der Waals surface area contributed by atoms with Crippen molar-refractivity contribution < 1.29 is 19.0 Å². The molecule has 0 aliphatic heterocycles. The lowest BCUT2D eigenvalue weighted by molar-refractivity contribution is 0.112. The van der Waals surface area contributed by atoms with Crippen molar-refractivity contribution in [3.63, 3.8) is 0 Å². The fraction of sp³-hybridized carbons (Fsp3) is 0.0714. The number of carbonyl (C=O) groups excluding carboxylic acids is 1. The summed E-state index contributed by atoms with van der Waals surface area (Å²) in [6.07, 6.45) is 0.528. The first-order chi connectivity index (χ1) is 8.67. The highest BCUT2D eigenvalue weighted by Gasteiger charge is 2.12. The van der Waals surface area contributed by atoms with Crippen LogP contribution in [0.15, 0.2) is 36.4 Å². The van der Waals surface area contributed by atoms with E-state index in [-0.39, 0.29) is 22.4 Å². The van der Waals surface area contributed by atoms with Crippen molar-refractivity contribution >= 4 is 6.29 Å². The van der Waals surface area contributed by atoms with Gasteiger partial charge in [-0.25, -0.2) is 4.39 Å². The number of aromatic hydroxyl groups is 1. The Hall–Kier alpha value is -2.36. The standard InChI is InChI=1S/C14H11FO3/c1-18-10-5-6-11(13(15)7-10)12-4-2-3-9(8-16)14(12)17/h2-8,17H,1H3. The number of methoxy groups -OCH3 is 1. The number of phenolic OH excluding ortho intramolecular Hbond substituents is 1. The minimum absolute atomic E-state index is 0.128. The van der Waals surface area contributed by atoms with E-state index in [1.807, 2.05) is 0 Å². The van der Waals surface area contributed by atoms with Gasteiger partial charge in [0.1, 0.15) is 17.3 Å². The van der Waals surface area contributed by atoms with Gasteiger partial charge in [-0.1, -0.05) is 12.1 Å². The predicted octanol–water partition coefficient (Wildman–Crippen LogP) is 3.02. The van der Waals surface area contributed by atoms with Crippen molar-refractivity contribution in [3.05, 3.63) is 47.8 Å². The third-order valence-electron chi connectivity index (χ3n) is 2.66. The van der Waals surface area contributed by atoms with Crippen molar-refractivity contribution in [2.45, 2.75) is 0 Å². The van der Waals surface area contributed by atoms with E-state index in [0.29, 0.717) is 12.0 Å². The number of ether oxygens (including phenoxy) is 1. The average molecular weight is 246 g/mol. The molecule has 3 nitrogen and oxygen atoms in total. The van der Waals surface area contributed by atoms with Gasteiger partial charge in [0.25, 0.3) is 0 Å². The van der Waals surface area contributed by atoms with Gasteiger partial charge in [0.05, 0.1) is 12.7 Å². The zero-order chi connectivity index (χ0) is 13.1. The Bertz CT molecular complexity index is 594. The van der Waals surface area contributed by atoms with Gasteiger partial charge in [-0.15, -0.1) is 0 Å². The second-order valence-electron chi connectivity index (χ2n) is 3.71. The quantitative estimate of drug-likeness (QED) is 0.847. The Morgan fingerprint density at radius 2 is 2.00 bits per heavy atom. The molecule has 0 saturated heterocycles. The molecule has 2 aromatic rings. The molecule has 0 unspecified atom stereocenters. The van der Waals surface area contributed by atoms with Crippen LogP contribution in [0.5, 0.6) is 11.5 Å². The first kappa shape index (κ1) is 12.1. The van der Waals surface area contributed by atoms with Gasteiger partial charge in [-0.3, -0.25) is 4.79 Å². The SMILES string of the molecule is COc1ccc(-c2cccc(C=O)c2O)c(F)c1. The van der Waals surface area contributed by atoms with Crippen LogP contribution in [0.25, 0.3) is 11.1 Å². The van der Waals surface area contributed by atoms with Gasteiger partial charge in [0, 0.05) is 17.2 Å². The van der Waals surface area contributed by atoms with Gasteiger partial charge < -0.3 is 9.84 Å². The van der Waals surface area contributed by atoms with Gasteiger partial charge in [-0.05, 0) is 18.2 Å². The number of hydrogen-bond acceptors (Lipinski definition) is 3. The van der Waals surface area contributed by atoms with E-state index in [2.05, 4.69) is 0 Å². The largest absolute Gasteiger partial charge is 0.507 e. The summed E-state index contributed by atoms with van der Waals surface area (Å²) >= 11 is 0. The smallest absolute Gasteiger partial charge is 0.153 e. The number of rotatable bonds is 3. The molecule has 0 atom stereocenters. The van der Waals surface area contributed by atoms with Crippen LogP contribution in [0.4, 0.5) is 4.39 Å². The number of phenols is 1. The van der Waals surface area contributed by atoms with Gasteiger partial charge in [0.2, 0.25) is 0 Å². The summed E-state index contributed by atoms with van der Waals surface area (Å²) in [5.41, 5.74) is 0.625. The van der Waals surface area contributed by atoms with Crippen molar-refractivity contribution in [2.75, 3.05) is 7.11 Å². The average Bonchev–Trinajstić information content (AvgIpc) is 2.39. The third kappa shape index (κ3) is 2.05. The van der Waals surface area contributed by atoms with Crippen LogP contribution >= 0.6 is 0 Å². The van der Waals surface area contributed by atoms with Crippen molar-refractivity contribution in [1.29, 1.82) is 0 Å². The monoisotopic (exact) mass is 246 g/mol. The highest BCUT2D eigenvalue weighted by Crippen LogP contribution is 2.34. The zero-order valence-electron chi connectivity index (χ0n) is 9.68. The van der Waals surface area contributed by atoms with E-state index in [1.54, 1.807) is 18.2 Å². The van der Waals surface area contributed by atoms with E-state index in [4.69, 9.17) is 4.74 Å². The number of halogens is 1. The van der Waals surface area contributed by atoms with E-state index in [9.17, 15) is 14.3 Å². The van der Waals surface area contributed by atoms with Crippen LogP contribution in [0.2, 0.25) is 0 Å².